The van der Waals surface area contributed by atoms with Gasteiger partial charge in [-0.15, -0.1) is 0 Å². The molecule has 0 amide bonds. The fourth-order valence-electron chi connectivity index (χ4n) is 3.88. The topological polar surface area (TPSA) is 81.7 Å². The van der Waals surface area contributed by atoms with Gasteiger partial charge in [0.1, 0.15) is 18.5 Å². The van der Waals surface area contributed by atoms with E-state index in [1.807, 2.05) is 44.4 Å². The lowest BCUT2D eigenvalue weighted by atomic mass is 10.1. The van der Waals surface area contributed by atoms with Crippen LogP contribution in [0.1, 0.15) is 6.42 Å². The molecular formula is C22H25ClN4O4. The molecule has 0 aliphatic carbocycles. The lowest BCUT2D eigenvalue weighted by Crippen LogP contribution is -2.32. The van der Waals surface area contributed by atoms with Gasteiger partial charge in [-0.2, -0.15) is 4.98 Å². The van der Waals surface area contributed by atoms with Gasteiger partial charge < -0.3 is 28.8 Å². The SMILES string of the molecule is CN(C)CCOc1ccc(-c2nc3nc(OC4CO[C@@H]5CCO[C@H]45)[nH]c3cc2Cl)cc1. The van der Waals surface area contributed by atoms with Gasteiger partial charge in [0.05, 0.1) is 28.9 Å². The van der Waals surface area contributed by atoms with Crippen LogP contribution in [-0.2, 0) is 9.47 Å². The molecule has 2 fully saturated rings. The molecule has 3 aromatic rings. The Morgan fingerprint density at radius 2 is 2.03 bits per heavy atom. The molecule has 0 spiro atoms. The molecule has 1 N–H and O–H groups in total. The summed E-state index contributed by atoms with van der Waals surface area (Å²) in [5, 5.41) is 0.535. The summed E-state index contributed by atoms with van der Waals surface area (Å²) in [6.45, 7) is 2.69. The highest BCUT2D eigenvalue weighted by Gasteiger charge is 2.43. The van der Waals surface area contributed by atoms with Crippen molar-refractivity contribution in [3.05, 3.63) is 35.4 Å². The number of fused-ring (bicyclic) bond motifs is 2. The Labute approximate surface area is 185 Å². The molecule has 31 heavy (non-hydrogen) atoms. The minimum Gasteiger partial charge on any atom is -0.492 e. The van der Waals surface area contributed by atoms with Crippen molar-refractivity contribution in [2.45, 2.75) is 24.7 Å². The van der Waals surface area contributed by atoms with E-state index in [9.17, 15) is 0 Å². The summed E-state index contributed by atoms with van der Waals surface area (Å²) in [4.78, 5) is 14.4. The number of rotatable bonds is 7. The number of nitrogens with one attached hydrogen (secondary N) is 1. The zero-order valence-electron chi connectivity index (χ0n) is 17.5. The molecule has 4 heterocycles. The van der Waals surface area contributed by atoms with E-state index >= 15 is 0 Å². The fourth-order valence-corrected chi connectivity index (χ4v) is 4.14. The number of aromatic amines is 1. The summed E-state index contributed by atoms with van der Waals surface area (Å²) < 4.78 is 23.2. The maximum absolute atomic E-state index is 6.52. The van der Waals surface area contributed by atoms with Gasteiger partial charge in [0, 0.05) is 18.7 Å². The average Bonchev–Trinajstić information content (AvgIpc) is 3.45. The number of nitrogens with zero attached hydrogens (tertiary/aromatic N) is 3. The van der Waals surface area contributed by atoms with Crippen molar-refractivity contribution in [1.29, 1.82) is 0 Å². The Balaban J connectivity index is 1.32. The van der Waals surface area contributed by atoms with Crippen molar-refractivity contribution in [3.8, 4) is 23.0 Å². The molecule has 8 nitrogen and oxygen atoms in total. The predicted octanol–water partition coefficient (Wildman–Crippen LogP) is 3.15. The third-order valence-corrected chi connectivity index (χ3v) is 5.81. The highest BCUT2D eigenvalue weighted by atomic mass is 35.5. The van der Waals surface area contributed by atoms with Crippen LogP contribution < -0.4 is 9.47 Å². The monoisotopic (exact) mass is 444 g/mol. The first-order chi connectivity index (χ1) is 15.1. The molecule has 1 unspecified atom stereocenters. The van der Waals surface area contributed by atoms with Crippen LogP contribution in [0.3, 0.4) is 0 Å². The summed E-state index contributed by atoms with van der Waals surface area (Å²) in [5.74, 6) is 0.810. The largest absolute Gasteiger partial charge is 0.492 e. The second kappa shape index (κ2) is 8.63. The van der Waals surface area contributed by atoms with Crippen LogP contribution in [0, 0.1) is 0 Å². The number of ether oxygens (including phenoxy) is 4. The Morgan fingerprint density at radius 1 is 1.19 bits per heavy atom. The zero-order chi connectivity index (χ0) is 21.4. The van der Waals surface area contributed by atoms with Crippen LogP contribution in [0.25, 0.3) is 22.4 Å². The predicted molar refractivity (Wildman–Crippen MR) is 117 cm³/mol. The van der Waals surface area contributed by atoms with E-state index in [0.29, 0.717) is 42.2 Å². The Hall–Kier alpha value is -2.39. The smallest absolute Gasteiger partial charge is 0.296 e. The highest BCUT2D eigenvalue weighted by molar-refractivity contribution is 6.33. The Bertz CT molecular complexity index is 1060. The molecule has 0 bridgehead atoms. The van der Waals surface area contributed by atoms with Crippen molar-refractivity contribution < 1.29 is 18.9 Å². The molecule has 5 rings (SSSR count). The summed E-state index contributed by atoms with van der Waals surface area (Å²) in [6, 6.07) is 9.95. The molecule has 0 radical (unpaired) electrons. The minimum atomic E-state index is -0.178. The number of hydrogen-bond acceptors (Lipinski definition) is 7. The standard InChI is InChI=1S/C22H25ClN4O4/c1-27(2)8-10-28-14-5-3-13(4-6-14)19-15(23)11-16-21(25-19)26-22(24-16)31-18-12-30-17-7-9-29-20(17)18/h3-6,11,17-18,20H,7-10,12H2,1-2H3,(H,24,25,26)/t17-,18?,20+/m1/s1. The van der Waals surface area contributed by atoms with E-state index in [1.54, 1.807) is 0 Å². The molecule has 9 heteroatoms. The van der Waals surface area contributed by atoms with Crippen molar-refractivity contribution >= 4 is 22.8 Å². The fraction of sp³-hybridized carbons (Fsp3) is 0.455. The molecule has 2 saturated heterocycles. The normalized spacial score (nSPS) is 22.9. The average molecular weight is 445 g/mol. The summed E-state index contributed by atoms with van der Waals surface area (Å²) in [6.07, 6.45) is 0.801. The molecular weight excluding hydrogens is 420 g/mol. The van der Waals surface area contributed by atoms with Crippen LogP contribution in [0.5, 0.6) is 11.8 Å². The number of hydrogen-bond donors (Lipinski definition) is 1. The lowest BCUT2D eigenvalue weighted by molar-refractivity contribution is 0.0273. The van der Waals surface area contributed by atoms with Crippen LogP contribution in [0.15, 0.2) is 30.3 Å². The first-order valence-corrected chi connectivity index (χ1v) is 10.8. The van der Waals surface area contributed by atoms with Crippen LogP contribution in [0.2, 0.25) is 5.02 Å². The first kappa shape index (κ1) is 20.5. The van der Waals surface area contributed by atoms with Crippen LogP contribution >= 0.6 is 11.6 Å². The van der Waals surface area contributed by atoms with Gasteiger partial charge in [-0.1, -0.05) is 11.6 Å². The van der Waals surface area contributed by atoms with E-state index in [0.717, 1.165) is 29.8 Å². The quantitative estimate of drug-likeness (QED) is 0.599. The number of halogens is 1. The molecule has 2 aromatic heterocycles. The lowest BCUT2D eigenvalue weighted by Gasteiger charge is -2.15. The molecule has 164 valence electrons. The van der Waals surface area contributed by atoms with E-state index in [4.69, 9.17) is 30.5 Å². The van der Waals surface area contributed by atoms with Gasteiger partial charge in [-0.05, 0) is 50.8 Å². The minimum absolute atomic E-state index is 0.0428. The van der Waals surface area contributed by atoms with Crippen molar-refractivity contribution in [2.75, 3.05) is 40.5 Å². The van der Waals surface area contributed by atoms with E-state index in [-0.39, 0.29) is 18.3 Å². The number of benzene rings is 1. The third kappa shape index (κ3) is 4.34. The summed E-state index contributed by atoms with van der Waals surface area (Å²) >= 11 is 6.52. The second-order valence-electron chi connectivity index (χ2n) is 8.06. The van der Waals surface area contributed by atoms with Gasteiger partial charge in [0.25, 0.3) is 6.01 Å². The number of likely N-dealkylation sites (N-methyl/N-ethyl adjacent to an activating group) is 1. The second-order valence-corrected chi connectivity index (χ2v) is 8.47. The number of aromatic nitrogens is 3. The van der Waals surface area contributed by atoms with Gasteiger partial charge in [-0.25, -0.2) is 4.98 Å². The Morgan fingerprint density at radius 3 is 2.84 bits per heavy atom. The summed E-state index contributed by atoms with van der Waals surface area (Å²) in [7, 11) is 4.03. The van der Waals surface area contributed by atoms with E-state index < -0.39 is 0 Å². The Kier molecular flexibility index (Phi) is 5.71. The van der Waals surface area contributed by atoms with Crippen LogP contribution in [0.4, 0.5) is 0 Å². The van der Waals surface area contributed by atoms with E-state index in [2.05, 4.69) is 19.9 Å². The molecule has 2 aliphatic heterocycles. The molecule has 1 aromatic carbocycles. The van der Waals surface area contributed by atoms with Gasteiger partial charge in [-0.3, -0.25) is 0 Å². The van der Waals surface area contributed by atoms with Gasteiger partial charge in [0.15, 0.2) is 11.8 Å². The van der Waals surface area contributed by atoms with Gasteiger partial charge in [0.2, 0.25) is 0 Å². The van der Waals surface area contributed by atoms with Crippen molar-refractivity contribution in [1.82, 2.24) is 19.9 Å². The maximum Gasteiger partial charge on any atom is 0.296 e. The van der Waals surface area contributed by atoms with Crippen molar-refractivity contribution in [2.24, 2.45) is 0 Å². The van der Waals surface area contributed by atoms with Crippen LogP contribution in [-0.4, -0.2) is 78.6 Å². The third-order valence-electron chi connectivity index (χ3n) is 5.52. The number of pyridine rings is 1. The van der Waals surface area contributed by atoms with E-state index in [1.165, 1.54) is 0 Å². The highest BCUT2D eigenvalue weighted by Crippen LogP contribution is 2.32. The first-order valence-electron chi connectivity index (χ1n) is 10.4. The number of imidazole rings is 1. The van der Waals surface area contributed by atoms with Crippen molar-refractivity contribution in [3.63, 3.8) is 0 Å². The van der Waals surface area contributed by atoms with Gasteiger partial charge >= 0.3 is 0 Å². The summed E-state index contributed by atoms with van der Waals surface area (Å²) in [5.41, 5.74) is 2.82. The maximum atomic E-state index is 6.52. The molecule has 3 atom stereocenters. The molecule has 0 saturated carbocycles. The number of H-pyrrole nitrogens is 1. The molecule has 2 aliphatic rings. The zero-order valence-corrected chi connectivity index (χ0v) is 18.3.